The number of morpholine rings is 1. The highest BCUT2D eigenvalue weighted by molar-refractivity contribution is 14.0. The molecule has 0 aliphatic carbocycles. The standard InChI is InChI=1S/C16H22ClN3O3.HI/c1-11-10-20(3-6-21-11)16(18)19-9-12-7-13(17)15-14(8-12)22-4-2-5-23-15;/h7-8,11H,2-6,9-10H2,1H3,(H2,18,19);1H. The number of benzene rings is 1. The SMILES string of the molecule is CC1CN(C(N)=NCc2cc(Cl)c3c(c2)OCCCO3)CCO1.I. The van der Waals surface area contributed by atoms with Crippen LogP contribution >= 0.6 is 35.6 Å². The number of hydrogen-bond acceptors (Lipinski definition) is 4. The van der Waals surface area contributed by atoms with Crippen LogP contribution < -0.4 is 15.2 Å². The molecule has 1 aromatic carbocycles. The molecule has 0 aromatic heterocycles. The molecule has 3 rings (SSSR count). The number of ether oxygens (including phenoxy) is 3. The van der Waals surface area contributed by atoms with E-state index in [0.717, 1.165) is 25.1 Å². The number of nitrogens with zero attached hydrogens (tertiary/aromatic N) is 2. The second-order valence-electron chi connectivity index (χ2n) is 5.76. The fourth-order valence-corrected chi connectivity index (χ4v) is 2.96. The lowest BCUT2D eigenvalue weighted by molar-refractivity contribution is 0.00529. The second-order valence-corrected chi connectivity index (χ2v) is 6.16. The van der Waals surface area contributed by atoms with Crippen LogP contribution in [0, 0.1) is 0 Å². The minimum Gasteiger partial charge on any atom is -0.489 e. The first-order valence-electron chi connectivity index (χ1n) is 7.88. The van der Waals surface area contributed by atoms with E-state index in [0.29, 0.717) is 48.8 Å². The van der Waals surface area contributed by atoms with Gasteiger partial charge in [-0.25, -0.2) is 4.99 Å². The molecule has 1 atom stereocenters. The topological polar surface area (TPSA) is 69.3 Å². The molecule has 0 spiro atoms. The highest BCUT2D eigenvalue weighted by atomic mass is 127. The zero-order valence-corrected chi connectivity index (χ0v) is 16.8. The van der Waals surface area contributed by atoms with Crippen LogP contribution in [0.5, 0.6) is 11.5 Å². The summed E-state index contributed by atoms with van der Waals surface area (Å²) < 4.78 is 16.8. The highest BCUT2D eigenvalue weighted by Gasteiger charge is 2.19. The highest BCUT2D eigenvalue weighted by Crippen LogP contribution is 2.38. The smallest absolute Gasteiger partial charge is 0.191 e. The van der Waals surface area contributed by atoms with Crippen molar-refractivity contribution in [2.45, 2.75) is 26.0 Å². The number of guanidine groups is 1. The maximum Gasteiger partial charge on any atom is 0.191 e. The van der Waals surface area contributed by atoms with Crippen LogP contribution in [0.25, 0.3) is 0 Å². The molecule has 8 heteroatoms. The molecule has 2 aliphatic rings. The Morgan fingerprint density at radius 3 is 2.92 bits per heavy atom. The van der Waals surface area contributed by atoms with Gasteiger partial charge in [0, 0.05) is 19.5 Å². The second kappa shape index (κ2) is 8.96. The van der Waals surface area contributed by atoms with Crippen LogP contribution in [0.3, 0.4) is 0 Å². The third-order valence-corrected chi connectivity index (χ3v) is 4.13. The Bertz CT molecular complexity index is 600. The van der Waals surface area contributed by atoms with Gasteiger partial charge in [-0.15, -0.1) is 24.0 Å². The van der Waals surface area contributed by atoms with Crippen LogP contribution in [-0.4, -0.2) is 49.9 Å². The lowest BCUT2D eigenvalue weighted by atomic mass is 10.2. The van der Waals surface area contributed by atoms with Gasteiger partial charge in [-0.3, -0.25) is 0 Å². The molecule has 2 N–H and O–H groups in total. The van der Waals surface area contributed by atoms with E-state index in [1.165, 1.54) is 0 Å². The minimum atomic E-state index is 0. The van der Waals surface area contributed by atoms with E-state index in [1.807, 2.05) is 24.0 Å². The third-order valence-electron chi connectivity index (χ3n) is 3.85. The average molecular weight is 468 g/mol. The van der Waals surface area contributed by atoms with Gasteiger partial charge >= 0.3 is 0 Å². The summed E-state index contributed by atoms with van der Waals surface area (Å²) >= 11 is 6.29. The zero-order chi connectivity index (χ0) is 16.2. The van der Waals surface area contributed by atoms with Gasteiger partial charge in [-0.05, 0) is 24.6 Å². The molecule has 2 aliphatic heterocycles. The Kier molecular flexibility index (Phi) is 7.24. The van der Waals surface area contributed by atoms with Crippen molar-refractivity contribution >= 4 is 41.5 Å². The van der Waals surface area contributed by atoms with E-state index in [-0.39, 0.29) is 30.1 Å². The van der Waals surface area contributed by atoms with E-state index >= 15 is 0 Å². The minimum absolute atomic E-state index is 0. The average Bonchev–Trinajstić information content (AvgIpc) is 2.78. The van der Waals surface area contributed by atoms with Gasteiger partial charge in [-0.1, -0.05) is 11.6 Å². The lowest BCUT2D eigenvalue weighted by Gasteiger charge is -2.31. The summed E-state index contributed by atoms with van der Waals surface area (Å²) in [6.45, 7) is 5.93. The Balaban J connectivity index is 0.00000208. The molecule has 134 valence electrons. The fraction of sp³-hybridized carbons (Fsp3) is 0.562. The summed E-state index contributed by atoms with van der Waals surface area (Å²) in [6.07, 6.45) is 1.02. The van der Waals surface area contributed by atoms with Gasteiger partial charge in [0.25, 0.3) is 0 Å². The maximum absolute atomic E-state index is 6.29. The molecule has 0 bridgehead atoms. The van der Waals surface area contributed by atoms with Crippen molar-refractivity contribution in [2.75, 3.05) is 32.9 Å². The number of nitrogens with two attached hydrogens (primary N) is 1. The molecule has 24 heavy (non-hydrogen) atoms. The van der Waals surface area contributed by atoms with Gasteiger partial charge < -0.3 is 24.8 Å². The lowest BCUT2D eigenvalue weighted by Crippen LogP contribution is -2.47. The van der Waals surface area contributed by atoms with Gasteiger partial charge in [0.2, 0.25) is 0 Å². The van der Waals surface area contributed by atoms with Gasteiger partial charge in [0.05, 0.1) is 37.5 Å². The molecule has 6 nitrogen and oxygen atoms in total. The van der Waals surface area contributed by atoms with E-state index in [1.54, 1.807) is 0 Å². The van der Waals surface area contributed by atoms with Gasteiger partial charge in [0.1, 0.15) is 0 Å². The molecule has 0 amide bonds. The van der Waals surface area contributed by atoms with E-state index in [2.05, 4.69) is 4.99 Å². The molecule has 0 saturated carbocycles. The number of fused-ring (bicyclic) bond motifs is 1. The largest absolute Gasteiger partial charge is 0.489 e. The number of halogens is 2. The first-order valence-corrected chi connectivity index (χ1v) is 8.26. The molecule has 2 heterocycles. The predicted octanol–water partition coefficient (Wildman–Crippen LogP) is 2.65. The normalized spacial score (nSPS) is 21.0. The summed E-state index contributed by atoms with van der Waals surface area (Å²) in [5.74, 6) is 1.83. The fourth-order valence-electron chi connectivity index (χ4n) is 2.67. The maximum atomic E-state index is 6.29. The first-order chi connectivity index (χ1) is 11.1. The van der Waals surface area contributed by atoms with Crippen molar-refractivity contribution in [2.24, 2.45) is 10.7 Å². The summed E-state index contributed by atoms with van der Waals surface area (Å²) in [6, 6.07) is 3.78. The summed E-state index contributed by atoms with van der Waals surface area (Å²) in [4.78, 5) is 6.52. The molecule has 1 unspecified atom stereocenters. The zero-order valence-electron chi connectivity index (χ0n) is 13.7. The summed E-state index contributed by atoms with van der Waals surface area (Å²) in [7, 11) is 0. The Morgan fingerprint density at radius 1 is 1.33 bits per heavy atom. The number of hydrogen-bond donors (Lipinski definition) is 1. The molecular formula is C16H23ClIN3O3. The van der Waals surface area contributed by atoms with Crippen molar-refractivity contribution in [3.8, 4) is 11.5 Å². The van der Waals surface area contributed by atoms with Crippen LogP contribution in [-0.2, 0) is 11.3 Å². The van der Waals surface area contributed by atoms with Crippen molar-refractivity contribution < 1.29 is 14.2 Å². The van der Waals surface area contributed by atoms with Crippen LogP contribution in [0.4, 0.5) is 0 Å². The van der Waals surface area contributed by atoms with Crippen molar-refractivity contribution in [1.82, 2.24) is 4.90 Å². The quantitative estimate of drug-likeness (QED) is 0.411. The number of rotatable bonds is 2. The van der Waals surface area contributed by atoms with Gasteiger partial charge in [0.15, 0.2) is 17.5 Å². The monoisotopic (exact) mass is 467 g/mol. The van der Waals surface area contributed by atoms with E-state index in [4.69, 9.17) is 31.5 Å². The Hall–Kier alpha value is -0.930. The van der Waals surface area contributed by atoms with Crippen LogP contribution in [0.1, 0.15) is 18.9 Å². The summed E-state index contributed by atoms with van der Waals surface area (Å²) in [5, 5.41) is 0.549. The number of aliphatic imine (C=N–C) groups is 1. The van der Waals surface area contributed by atoms with E-state index < -0.39 is 0 Å². The van der Waals surface area contributed by atoms with Gasteiger partial charge in [-0.2, -0.15) is 0 Å². The van der Waals surface area contributed by atoms with E-state index in [9.17, 15) is 0 Å². The molecule has 1 aromatic rings. The predicted molar refractivity (Wildman–Crippen MR) is 105 cm³/mol. The first kappa shape index (κ1) is 19.4. The molecule has 1 fully saturated rings. The van der Waals surface area contributed by atoms with Crippen molar-refractivity contribution in [1.29, 1.82) is 0 Å². The summed E-state index contributed by atoms with van der Waals surface area (Å²) in [5.41, 5.74) is 7.04. The van der Waals surface area contributed by atoms with Crippen LogP contribution in [0.2, 0.25) is 5.02 Å². The van der Waals surface area contributed by atoms with Crippen molar-refractivity contribution in [3.63, 3.8) is 0 Å². The molecule has 1 saturated heterocycles. The molecule has 0 radical (unpaired) electrons. The van der Waals surface area contributed by atoms with Crippen molar-refractivity contribution in [3.05, 3.63) is 22.7 Å². The Morgan fingerprint density at radius 2 is 2.12 bits per heavy atom. The molecular weight excluding hydrogens is 445 g/mol. The Labute approximate surface area is 164 Å². The third kappa shape index (κ3) is 4.80. The van der Waals surface area contributed by atoms with Crippen LogP contribution in [0.15, 0.2) is 17.1 Å².